The summed E-state index contributed by atoms with van der Waals surface area (Å²) in [6, 6.07) is 11.0. The zero-order valence-electron chi connectivity index (χ0n) is 16.6. The van der Waals surface area contributed by atoms with Crippen molar-refractivity contribution in [2.24, 2.45) is 0 Å². The summed E-state index contributed by atoms with van der Waals surface area (Å²) in [5.41, 5.74) is 2.05. The number of hydrogen-bond donors (Lipinski definition) is 1. The van der Waals surface area contributed by atoms with E-state index in [1.165, 1.54) is 0 Å². The van der Waals surface area contributed by atoms with Crippen molar-refractivity contribution in [2.45, 2.75) is 32.9 Å². The fourth-order valence-electron chi connectivity index (χ4n) is 2.84. The molecule has 0 aromatic heterocycles. The topological polar surface area (TPSA) is 75.7 Å². The van der Waals surface area contributed by atoms with Crippen LogP contribution >= 0.6 is 11.6 Å². The lowest BCUT2D eigenvalue weighted by atomic mass is 10.1. The second-order valence-electron chi connectivity index (χ2n) is 6.67. The number of aryl methyl sites for hydroxylation is 1. The van der Waals surface area contributed by atoms with Crippen LogP contribution in [0, 0.1) is 6.92 Å². The van der Waals surface area contributed by atoms with Gasteiger partial charge < -0.3 is 10.1 Å². The number of amides is 1. The Morgan fingerprint density at radius 1 is 1.14 bits per heavy atom. The Hall–Kier alpha value is -2.25. The number of sulfonamides is 1. The van der Waals surface area contributed by atoms with Gasteiger partial charge in [-0.3, -0.25) is 9.10 Å². The number of methoxy groups -OCH3 is 1. The van der Waals surface area contributed by atoms with E-state index in [9.17, 15) is 13.2 Å². The van der Waals surface area contributed by atoms with Crippen LogP contribution in [0.1, 0.15) is 31.0 Å². The number of halogens is 1. The van der Waals surface area contributed by atoms with E-state index in [0.717, 1.165) is 27.4 Å². The number of nitrogens with one attached hydrogen (secondary N) is 1. The zero-order valence-corrected chi connectivity index (χ0v) is 18.1. The van der Waals surface area contributed by atoms with Gasteiger partial charge in [0.05, 0.1) is 25.1 Å². The van der Waals surface area contributed by atoms with Crippen LogP contribution in [-0.4, -0.2) is 33.7 Å². The lowest BCUT2D eigenvalue weighted by Crippen LogP contribution is -2.48. The Morgan fingerprint density at radius 3 is 2.25 bits per heavy atom. The van der Waals surface area contributed by atoms with E-state index in [2.05, 4.69) is 5.32 Å². The maximum atomic E-state index is 12.8. The number of nitrogens with zero attached hydrogens (tertiary/aromatic N) is 1. The SMILES string of the molecule is COc1ccc([C@@H](C)NC(=O)[C@H](C)N(c2ccc(C)c(Cl)c2)S(C)(=O)=O)cc1. The highest BCUT2D eigenvalue weighted by molar-refractivity contribution is 7.92. The van der Waals surface area contributed by atoms with Crippen LogP contribution < -0.4 is 14.4 Å². The van der Waals surface area contributed by atoms with Gasteiger partial charge in [0.25, 0.3) is 0 Å². The molecule has 6 nitrogen and oxygen atoms in total. The molecule has 0 saturated carbocycles. The van der Waals surface area contributed by atoms with Crippen LogP contribution in [0.2, 0.25) is 5.02 Å². The number of rotatable bonds is 7. The molecule has 1 amide bonds. The van der Waals surface area contributed by atoms with E-state index in [0.29, 0.717) is 10.7 Å². The van der Waals surface area contributed by atoms with E-state index in [1.807, 2.05) is 26.0 Å². The van der Waals surface area contributed by atoms with Crippen molar-refractivity contribution in [1.82, 2.24) is 5.32 Å². The first-order chi connectivity index (χ1) is 13.0. The highest BCUT2D eigenvalue weighted by atomic mass is 35.5. The predicted molar refractivity (Wildman–Crippen MR) is 113 cm³/mol. The quantitative estimate of drug-likeness (QED) is 0.735. The number of carbonyl (C=O) groups excluding carboxylic acids is 1. The molecule has 0 radical (unpaired) electrons. The van der Waals surface area contributed by atoms with Crippen molar-refractivity contribution in [2.75, 3.05) is 17.7 Å². The Kier molecular flexibility index (Phi) is 6.96. The third-order valence-electron chi connectivity index (χ3n) is 4.47. The van der Waals surface area contributed by atoms with Gasteiger partial charge in [-0.2, -0.15) is 0 Å². The van der Waals surface area contributed by atoms with E-state index >= 15 is 0 Å². The van der Waals surface area contributed by atoms with Gasteiger partial charge in [0.1, 0.15) is 11.8 Å². The molecular weight excluding hydrogens is 400 g/mol. The van der Waals surface area contributed by atoms with E-state index in [1.54, 1.807) is 44.4 Å². The van der Waals surface area contributed by atoms with Crippen LogP contribution in [0.5, 0.6) is 5.75 Å². The third kappa shape index (κ3) is 5.17. The second-order valence-corrected chi connectivity index (χ2v) is 8.94. The summed E-state index contributed by atoms with van der Waals surface area (Å²) in [5, 5.41) is 3.30. The summed E-state index contributed by atoms with van der Waals surface area (Å²) in [5.74, 6) is 0.306. The molecule has 0 saturated heterocycles. The highest BCUT2D eigenvalue weighted by Gasteiger charge is 2.30. The van der Waals surface area contributed by atoms with Crippen LogP contribution in [0.15, 0.2) is 42.5 Å². The lowest BCUT2D eigenvalue weighted by Gasteiger charge is -2.29. The molecule has 152 valence electrons. The zero-order chi connectivity index (χ0) is 21.1. The third-order valence-corrected chi connectivity index (χ3v) is 6.12. The van der Waals surface area contributed by atoms with Gasteiger partial charge in [0.15, 0.2) is 0 Å². The van der Waals surface area contributed by atoms with Crippen LogP contribution in [0.3, 0.4) is 0 Å². The Bertz CT molecular complexity index is 945. The molecule has 0 spiro atoms. The number of ether oxygens (including phenoxy) is 1. The van der Waals surface area contributed by atoms with Crippen molar-refractivity contribution < 1.29 is 17.9 Å². The van der Waals surface area contributed by atoms with Crippen LogP contribution in [-0.2, 0) is 14.8 Å². The van der Waals surface area contributed by atoms with Gasteiger partial charge in [-0.25, -0.2) is 8.42 Å². The Labute approximate surface area is 171 Å². The monoisotopic (exact) mass is 424 g/mol. The minimum Gasteiger partial charge on any atom is -0.497 e. The normalized spacial score (nSPS) is 13.5. The highest BCUT2D eigenvalue weighted by Crippen LogP contribution is 2.27. The largest absolute Gasteiger partial charge is 0.497 e. The minimum atomic E-state index is -3.70. The molecule has 0 fully saturated rings. The number of hydrogen-bond acceptors (Lipinski definition) is 4. The molecule has 0 heterocycles. The molecule has 2 atom stereocenters. The summed E-state index contributed by atoms with van der Waals surface area (Å²) >= 11 is 6.15. The molecule has 0 unspecified atom stereocenters. The number of benzene rings is 2. The van der Waals surface area contributed by atoms with Crippen LogP contribution in [0.4, 0.5) is 5.69 Å². The smallest absolute Gasteiger partial charge is 0.244 e. The van der Waals surface area contributed by atoms with E-state index in [-0.39, 0.29) is 6.04 Å². The molecule has 2 aromatic rings. The maximum absolute atomic E-state index is 12.8. The lowest BCUT2D eigenvalue weighted by molar-refractivity contribution is -0.122. The predicted octanol–water partition coefficient (Wildman–Crippen LogP) is 3.69. The molecule has 2 rings (SSSR count). The van der Waals surface area contributed by atoms with Gasteiger partial charge in [-0.1, -0.05) is 29.8 Å². The number of anilines is 1. The summed E-state index contributed by atoms with van der Waals surface area (Å²) in [4.78, 5) is 12.8. The fraction of sp³-hybridized carbons (Fsp3) is 0.350. The summed E-state index contributed by atoms with van der Waals surface area (Å²) in [6.07, 6.45) is 1.07. The molecule has 0 aliphatic heterocycles. The van der Waals surface area contributed by atoms with Gasteiger partial charge in [0, 0.05) is 5.02 Å². The first-order valence-electron chi connectivity index (χ1n) is 8.74. The van der Waals surface area contributed by atoms with Crippen molar-refractivity contribution in [1.29, 1.82) is 0 Å². The van der Waals surface area contributed by atoms with Crippen molar-refractivity contribution in [3.8, 4) is 5.75 Å². The summed E-state index contributed by atoms with van der Waals surface area (Å²) < 4.78 is 31.0. The minimum absolute atomic E-state index is 0.302. The molecule has 0 aliphatic carbocycles. The molecule has 8 heteroatoms. The summed E-state index contributed by atoms with van der Waals surface area (Å²) in [7, 11) is -2.12. The maximum Gasteiger partial charge on any atom is 0.244 e. The average Bonchev–Trinajstić information content (AvgIpc) is 2.63. The Balaban J connectivity index is 2.24. The molecule has 28 heavy (non-hydrogen) atoms. The molecular formula is C20H25ClN2O4S. The van der Waals surface area contributed by atoms with E-state index < -0.39 is 22.0 Å². The molecule has 0 bridgehead atoms. The fourth-order valence-corrected chi connectivity index (χ4v) is 4.18. The van der Waals surface area contributed by atoms with Gasteiger partial charge in [0.2, 0.25) is 15.9 Å². The second kappa shape index (κ2) is 8.84. The molecule has 0 aliphatic rings. The Morgan fingerprint density at radius 2 is 1.75 bits per heavy atom. The van der Waals surface area contributed by atoms with Crippen molar-refractivity contribution in [3.63, 3.8) is 0 Å². The van der Waals surface area contributed by atoms with Crippen LogP contribution in [0.25, 0.3) is 0 Å². The van der Waals surface area contributed by atoms with Crippen molar-refractivity contribution >= 4 is 33.2 Å². The summed E-state index contributed by atoms with van der Waals surface area (Å²) in [6.45, 7) is 5.20. The van der Waals surface area contributed by atoms with Crippen molar-refractivity contribution in [3.05, 3.63) is 58.6 Å². The first-order valence-corrected chi connectivity index (χ1v) is 11.0. The standard InChI is InChI=1S/C20H25ClN2O4S/c1-13-6-9-17(12-19(13)21)23(28(5,25)26)15(3)20(24)22-14(2)16-7-10-18(27-4)11-8-16/h6-12,14-15H,1-5H3,(H,22,24)/t14-,15+/m1/s1. The number of carbonyl (C=O) groups is 1. The van der Waals surface area contributed by atoms with E-state index in [4.69, 9.17) is 16.3 Å². The van der Waals surface area contributed by atoms with Gasteiger partial charge in [-0.05, 0) is 56.2 Å². The first kappa shape index (κ1) is 22.0. The molecule has 2 aromatic carbocycles. The van der Waals surface area contributed by atoms with Gasteiger partial charge in [-0.15, -0.1) is 0 Å². The average molecular weight is 425 g/mol. The van der Waals surface area contributed by atoms with Gasteiger partial charge >= 0.3 is 0 Å². The molecule has 1 N–H and O–H groups in total.